The highest BCUT2D eigenvalue weighted by Gasteiger charge is 2.48. The molecule has 3 aliphatic heterocycles. The van der Waals surface area contributed by atoms with Gasteiger partial charge >= 0.3 is 0 Å². The van der Waals surface area contributed by atoms with E-state index in [-0.39, 0.29) is 35.4 Å². The van der Waals surface area contributed by atoms with Crippen molar-refractivity contribution in [2.75, 3.05) is 32.8 Å². The molecule has 3 heterocycles. The first-order valence-corrected chi connectivity index (χ1v) is 8.51. The summed E-state index contributed by atoms with van der Waals surface area (Å²) in [4.78, 5) is 28.7. The molecule has 3 fully saturated rings. The average molecular weight is 332 g/mol. The number of carbonyl (C=O) groups is 2. The van der Waals surface area contributed by atoms with E-state index in [9.17, 15) is 14.0 Å². The minimum Gasteiger partial charge on any atom is -0.381 e. The molecule has 6 heteroatoms. The van der Waals surface area contributed by atoms with Crippen LogP contribution in [0.5, 0.6) is 0 Å². The van der Waals surface area contributed by atoms with E-state index in [1.54, 1.807) is 11.0 Å². The molecule has 3 atom stereocenters. The molecule has 0 unspecified atom stereocenters. The Labute approximate surface area is 140 Å². The van der Waals surface area contributed by atoms with Crippen molar-refractivity contribution in [3.8, 4) is 0 Å². The van der Waals surface area contributed by atoms with Gasteiger partial charge in [-0.25, -0.2) is 4.39 Å². The standard InChI is InChI=1S/C18H21FN2O3/c19-15-3-1-2-12(6-15)7-20-8-14-9-21(10-16(14)18(20)23)17(22)13-4-5-24-11-13/h1-3,6,13-14,16H,4-5,7-11H2/t13-,14+,16-/m0/s1. The van der Waals surface area contributed by atoms with Gasteiger partial charge < -0.3 is 14.5 Å². The third-order valence-electron chi connectivity index (χ3n) is 5.38. The number of benzene rings is 1. The Morgan fingerprint density at radius 1 is 1.29 bits per heavy atom. The number of likely N-dealkylation sites (tertiary alicyclic amines) is 2. The Morgan fingerprint density at radius 2 is 2.17 bits per heavy atom. The van der Waals surface area contributed by atoms with Crippen molar-refractivity contribution in [3.63, 3.8) is 0 Å². The fourth-order valence-electron chi connectivity index (χ4n) is 4.11. The van der Waals surface area contributed by atoms with Crippen LogP contribution >= 0.6 is 0 Å². The van der Waals surface area contributed by atoms with Gasteiger partial charge in [-0.2, -0.15) is 0 Å². The van der Waals surface area contributed by atoms with Crippen LogP contribution in [-0.2, 0) is 20.9 Å². The van der Waals surface area contributed by atoms with Gasteiger partial charge in [-0.15, -0.1) is 0 Å². The van der Waals surface area contributed by atoms with Gasteiger partial charge in [-0.1, -0.05) is 12.1 Å². The lowest BCUT2D eigenvalue weighted by molar-refractivity contribution is -0.136. The van der Waals surface area contributed by atoms with Crippen LogP contribution in [-0.4, -0.2) is 54.5 Å². The minimum atomic E-state index is -0.283. The van der Waals surface area contributed by atoms with Crippen LogP contribution in [0.4, 0.5) is 4.39 Å². The summed E-state index contributed by atoms with van der Waals surface area (Å²) in [5.41, 5.74) is 0.805. The molecule has 5 nitrogen and oxygen atoms in total. The molecule has 0 aromatic heterocycles. The Kier molecular flexibility index (Phi) is 4.00. The molecule has 0 radical (unpaired) electrons. The minimum absolute atomic E-state index is 0.0395. The van der Waals surface area contributed by atoms with Gasteiger partial charge in [0.2, 0.25) is 11.8 Å². The molecular formula is C18H21FN2O3. The van der Waals surface area contributed by atoms with E-state index < -0.39 is 0 Å². The molecule has 3 saturated heterocycles. The second kappa shape index (κ2) is 6.16. The fraction of sp³-hybridized carbons (Fsp3) is 0.556. The zero-order valence-corrected chi connectivity index (χ0v) is 13.5. The summed E-state index contributed by atoms with van der Waals surface area (Å²) in [6.45, 7) is 3.39. The van der Waals surface area contributed by atoms with E-state index in [1.165, 1.54) is 12.1 Å². The number of nitrogens with zero attached hydrogens (tertiary/aromatic N) is 2. The molecule has 0 N–H and O–H groups in total. The lowest BCUT2D eigenvalue weighted by Gasteiger charge is -2.23. The number of hydrogen-bond donors (Lipinski definition) is 0. The van der Waals surface area contributed by atoms with Gasteiger partial charge in [-0.3, -0.25) is 9.59 Å². The normalized spacial score (nSPS) is 29.4. The van der Waals surface area contributed by atoms with E-state index in [0.29, 0.717) is 39.4 Å². The van der Waals surface area contributed by atoms with Gasteiger partial charge in [-0.05, 0) is 24.1 Å². The van der Waals surface area contributed by atoms with Gasteiger partial charge in [0, 0.05) is 38.7 Å². The van der Waals surface area contributed by atoms with Gasteiger partial charge in [0.1, 0.15) is 5.82 Å². The molecule has 0 spiro atoms. The smallest absolute Gasteiger partial charge is 0.228 e. The van der Waals surface area contributed by atoms with Crippen LogP contribution in [0.1, 0.15) is 12.0 Å². The van der Waals surface area contributed by atoms with Crippen molar-refractivity contribution < 1.29 is 18.7 Å². The number of carbonyl (C=O) groups excluding carboxylic acids is 2. The van der Waals surface area contributed by atoms with Crippen molar-refractivity contribution >= 4 is 11.8 Å². The summed E-state index contributed by atoms with van der Waals surface area (Å²) >= 11 is 0. The first kappa shape index (κ1) is 15.6. The highest BCUT2D eigenvalue weighted by atomic mass is 19.1. The summed E-state index contributed by atoms with van der Waals surface area (Å²) in [7, 11) is 0. The Morgan fingerprint density at radius 3 is 2.88 bits per heavy atom. The third kappa shape index (κ3) is 2.79. The molecule has 3 aliphatic rings. The predicted octanol–water partition coefficient (Wildman–Crippen LogP) is 1.28. The Balaban J connectivity index is 1.38. The van der Waals surface area contributed by atoms with Crippen LogP contribution in [0.3, 0.4) is 0 Å². The highest BCUT2D eigenvalue weighted by molar-refractivity contribution is 5.85. The van der Waals surface area contributed by atoms with E-state index in [4.69, 9.17) is 4.74 Å². The molecule has 128 valence electrons. The average Bonchev–Trinajstić information content (AvgIpc) is 3.27. The Hall–Kier alpha value is -1.95. The molecule has 24 heavy (non-hydrogen) atoms. The molecule has 0 saturated carbocycles. The van der Waals surface area contributed by atoms with E-state index >= 15 is 0 Å². The number of amides is 2. The molecule has 4 rings (SSSR count). The quantitative estimate of drug-likeness (QED) is 0.838. The molecule has 0 aliphatic carbocycles. The zero-order valence-electron chi connectivity index (χ0n) is 13.5. The van der Waals surface area contributed by atoms with E-state index in [1.807, 2.05) is 11.0 Å². The summed E-state index contributed by atoms with van der Waals surface area (Å²) in [5, 5.41) is 0. The number of halogens is 1. The van der Waals surface area contributed by atoms with Crippen molar-refractivity contribution in [1.82, 2.24) is 9.80 Å². The van der Waals surface area contributed by atoms with Crippen LogP contribution in [0, 0.1) is 23.6 Å². The first-order chi connectivity index (χ1) is 11.6. The van der Waals surface area contributed by atoms with Crippen molar-refractivity contribution in [1.29, 1.82) is 0 Å². The number of fused-ring (bicyclic) bond motifs is 1. The summed E-state index contributed by atoms with van der Waals surface area (Å²) in [6, 6.07) is 6.37. The SMILES string of the molecule is O=C([C@H]1CCOC1)N1C[C@H]2CN(Cc3cccc(F)c3)C(=O)[C@H]2C1. The Bertz CT molecular complexity index is 659. The summed E-state index contributed by atoms with van der Waals surface area (Å²) in [6.07, 6.45) is 0.782. The maximum absolute atomic E-state index is 13.3. The van der Waals surface area contributed by atoms with Crippen molar-refractivity contribution in [2.45, 2.75) is 13.0 Å². The lowest BCUT2D eigenvalue weighted by Crippen LogP contribution is -2.38. The van der Waals surface area contributed by atoms with E-state index in [0.717, 1.165) is 12.0 Å². The maximum atomic E-state index is 13.3. The van der Waals surface area contributed by atoms with Crippen molar-refractivity contribution in [3.05, 3.63) is 35.6 Å². The molecular weight excluding hydrogens is 311 g/mol. The summed E-state index contributed by atoms with van der Waals surface area (Å²) < 4.78 is 18.6. The van der Waals surface area contributed by atoms with Crippen LogP contribution in [0.25, 0.3) is 0 Å². The van der Waals surface area contributed by atoms with Gasteiger partial charge in [0.25, 0.3) is 0 Å². The molecule has 0 bridgehead atoms. The second-order valence-corrected chi connectivity index (χ2v) is 7.02. The topological polar surface area (TPSA) is 49.9 Å². The lowest BCUT2D eigenvalue weighted by atomic mass is 10.0. The predicted molar refractivity (Wildman–Crippen MR) is 84.3 cm³/mol. The van der Waals surface area contributed by atoms with Crippen LogP contribution in [0.15, 0.2) is 24.3 Å². The molecule has 2 amide bonds. The molecule has 1 aromatic rings. The highest BCUT2D eigenvalue weighted by Crippen LogP contribution is 2.34. The number of ether oxygens (including phenoxy) is 1. The fourth-order valence-corrected chi connectivity index (χ4v) is 4.11. The van der Waals surface area contributed by atoms with Gasteiger partial charge in [0.05, 0.1) is 18.4 Å². The largest absolute Gasteiger partial charge is 0.381 e. The monoisotopic (exact) mass is 332 g/mol. The second-order valence-electron chi connectivity index (χ2n) is 7.02. The maximum Gasteiger partial charge on any atom is 0.228 e. The van der Waals surface area contributed by atoms with E-state index in [2.05, 4.69) is 0 Å². The third-order valence-corrected chi connectivity index (χ3v) is 5.38. The van der Waals surface area contributed by atoms with Crippen LogP contribution < -0.4 is 0 Å². The zero-order chi connectivity index (χ0) is 16.7. The first-order valence-electron chi connectivity index (χ1n) is 8.51. The molecule has 1 aromatic carbocycles. The summed E-state index contributed by atoms with van der Waals surface area (Å²) in [5.74, 6) is -0.0204. The van der Waals surface area contributed by atoms with Crippen LogP contribution in [0.2, 0.25) is 0 Å². The number of hydrogen-bond acceptors (Lipinski definition) is 3. The number of rotatable bonds is 3. The van der Waals surface area contributed by atoms with Gasteiger partial charge in [0.15, 0.2) is 0 Å². The van der Waals surface area contributed by atoms with Crippen molar-refractivity contribution in [2.24, 2.45) is 17.8 Å².